The lowest BCUT2D eigenvalue weighted by Gasteiger charge is -2.42. The smallest absolute Gasteiger partial charge is 0.219 e. The molecule has 0 atom stereocenters. The Balaban J connectivity index is 2.45. The zero-order valence-electron chi connectivity index (χ0n) is 7.42. The van der Waals surface area contributed by atoms with Crippen molar-refractivity contribution in [3.8, 4) is 11.8 Å². The van der Waals surface area contributed by atoms with Crippen molar-refractivity contribution in [1.82, 2.24) is 4.90 Å². The molecule has 1 heterocycles. The molecular weight excluding hydrogens is 154 g/mol. The Bertz CT molecular complexity index is 243. The van der Waals surface area contributed by atoms with Crippen LogP contribution in [0.2, 0.25) is 0 Å². The predicted octanol–water partition coefficient (Wildman–Crippen LogP) is -0.00700. The summed E-state index contributed by atoms with van der Waals surface area (Å²) >= 11 is 0. The molecule has 1 saturated heterocycles. The molecule has 0 unspecified atom stereocenters. The number of aliphatic hydroxyl groups is 1. The van der Waals surface area contributed by atoms with Crippen molar-refractivity contribution >= 4 is 5.91 Å². The summed E-state index contributed by atoms with van der Waals surface area (Å²) in [5.41, 5.74) is -0.929. The molecule has 0 radical (unpaired) electrons. The van der Waals surface area contributed by atoms with Crippen molar-refractivity contribution in [2.45, 2.75) is 25.9 Å². The fraction of sp³-hybridized carbons (Fsp3) is 0.667. The number of hydrogen-bond acceptors (Lipinski definition) is 2. The molecule has 0 spiro atoms. The van der Waals surface area contributed by atoms with Gasteiger partial charge in [-0.3, -0.25) is 4.79 Å². The van der Waals surface area contributed by atoms with E-state index in [2.05, 4.69) is 11.8 Å². The molecule has 0 aromatic carbocycles. The third kappa shape index (κ3) is 1.77. The lowest BCUT2D eigenvalue weighted by Crippen LogP contribution is -2.62. The first-order chi connectivity index (χ1) is 5.57. The second-order valence-electron chi connectivity index (χ2n) is 3.06. The van der Waals surface area contributed by atoms with Crippen LogP contribution in [-0.2, 0) is 4.79 Å². The Morgan fingerprint density at radius 3 is 2.67 bits per heavy atom. The molecule has 1 amide bonds. The largest absolute Gasteiger partial charge is 0.374 e. The van der Waals surface area contributed by atoms with Crippen LogP contribution in [0.15, 0.2) is 0 Å². The first-order valence-corrected chi connectivity index (χ1v) is 4.05. The standard InChI is InChI=1S/C9H13NO2/c1-3-4-5-9(12)6-10(7-9)8(2)11/h12H,3,6-7H2,1-2H3. The van der Waals surface area contributed by atoms with Crippen molar-refractivity contribution in [2.24, 2.45) is 0 Å². The molecule has 1 rings (SSSR count). The molecule has 3 heteroatoms. The van der Waals surface area contributed by atoms with E-state index in [9.17, 15) is 9.90 Å². The highest BCUT2D eigenvalue weighted by Gasteiger charge is 2.40. The van der Waals surface area contributed by atoms with Crippen molar-refractivity contribution in [3.05, 3.63) is 0 Å². The zero-order chi connectivity index (χ0) is 9.19. The maximum Gasteiger partial charge on any atom is 0.219 e. The van der Waals surface area contributed by atoms with Gasteiger partial charge >= 0.3 is 0 Å². The van der Waals surface area contributed by atoms with Gasteiger partial charge in [-0.15, -0.1) is 5.92 Å². The summed E-state index contributed by atoms with van der Waals surface area (Å²) in [6, 6.07) is 0. The Morgan fingerprint density at radius 1 is 1.67 bits per heavy atom. The molecule has 66 valence electrons. The molecule has 1 aliphatic rings. The van der Waals surface area contributed by atoms with E-state index in [1.165, 1.54) is 6.92 Å². The molecule has 1 fully saturated rings. The Hall–Kier alpha value is -1.01. The van der Waals surface area contributed by atoms with Gasteiger partial charge in [0.15, 0.2) is 5.60 Å². The second-order valence-corrected chi connectivity index (χ2v) is 3.06. The van der Waals surface area contributed by atoms with E-state index in [0.29, 0.717) is 13.1 Å². The molecular formula is C9H13NO2. The van der Waals surface area contributed by atoms with Gasteiger partial charge in [0.2, 0.25) is 5.91 Å². The summed E-state index contributed by atoms with van der Waals surface area (Å²) in [5.74, 6) is 5.55. The summed E-state index contributed by atoms with van der Waals surface area (Å²) in [5, 5.41) is 9.59. The molecule has 12 heavy (non-hydrogen) atoms. The highest BCUT2D eigenvalue weighted by Crippen LogP contribution is 2.19. The highest BCUT2D eigenvalue weighted by molar-refractivity contribution is 5.74. The number of hydrogen-bond donors (Lipinski definition) is 1. The van der Waals surface area contributed by atoms with E-state index < -0.39 is 5.60 Å². The summed E-state index contributed by atoms with van der Waals surface area (Å²) in [7, 11) is 0. The first-order valence-electron chi connectivity index (χ1n) is 4.05. The quantitative estimate of drug-likeness (QED) is 0.516. The summed E-state index contributed by atoms with van der Waals surface area (Å²) in [6.45, 7) is 4.13. The Kier molecular flexibility index (Phi) is 2.39. The molecule has 0 bridgehead atoms. The van der Waals surface area contributed by atoms with Crippen LogP contribution in [0.5, 0.6) is 0 Å². The van der Waals surface area contributed by atoms with Crippen LogP contribution in [0.3, 0.4) is 0 Å². The fourth-order valence-corrected chi connectivity index (χ4v) is 1.14. The monoisotopic (exact) mass is 167 g/mol. The summed E-state index contributed by atoms with van der Waals surface area (Å²) < 4.78 is 0. The lowest BCUT2D eigenvalue weighted by atomic mass is 9.95. The van der Waals surface area contributed by atoms with Gasteiger partial charge in [-0.05, 0) is 0 Å². The fourth-order valence-electron chi connectivity index (χ4n) is 1.14. The molecule has 3 nitrogen and oxygen atoms in total. The van der Waals surface area contributed by atoms with Crippen molar-refractivity contribution in [1.29, 1.82) is 0 Å². The third-order valence-electron chi connectivity index (χ3n) is 1.85. The number of β-amino-alcohol motifs (C(OH)–C–C–N with tert-alkyl or cyclic N) is 1. The van der Waals surface area contributed by atoms with Crippen LogP contribution in [0.4, 0.5) is 0 Å². The molecule has 0 aromatic heterocycles. The maximum absolute atomic E-state index is 10.8. The van der Waals surface area contributed by atoms with Gasteiger partial charge in [-0.1, -0.05) is 12.8 Å². The van der Waals surface area contributed by atoms with Crippen molar-refractivity contribution in [2.75, 3.05) is 13.1 Å². The minimum absolute atomic E-state index is 0.00188. The van der Waals surface area contributed by atoms with Crippen LogP contribution in [0.1, 0.15) is 20.3 Å². The number of carbonyl (C=O) groups excluding carboxylic acids is 1. The average Bonchev–Trinajstić information content (AvgIpc) is 1.95. The van der Waals surface area contributed by atoms with E-state index in [-0.39, 0.29) is 5.91 Å². The van der Waals surface area contributed by atoms with Crippen molar-refractivity contribution in [3.63, 3.8) is 0 Å². The average molecular weight is 167 g/mol. The number of amides is 1. The molecule has 0 saturated carbocycles. The van der Waals surface area contributed by atoms with Gasteiger partial charge in [0.05, 0.1) is 13.1 Å². The predicted molar refractivity (Wildman–Crippen MR) is 45.3 cm³/mol. The van der Waals surface area contributed by atoms with Crippen LogP contribution in [0.25, 0.3) is 0 Å². The SMILES string of the molecule is CCC#CC1(O)CN(C(C)=O)C1. The van der Waals surface area contributed by atoms with Crippen LogP contribution >= 0.6 is 0 Å². The van der Waals surface area contributed by atoms with Gasteiger partial charge in [0, 0.05) is 13.3 Å². The number of nitrogens with zero attached hydrogens (tertiary/aromatic N) is 1. The molecule has 0 aromatic rings. The van der Waals surface area contributed by atoms with Gasteiger partial charge in [-0.2, -0.15) is 0 Å². The molecule has 1 aliphatic heterocycles. The number of carbonyl (C=O) groups is 1. The maximum atomic E-state index is 10.8. The van der Waals surface area contributed by atoms with Crippen LogP contribution < -0.4 is 0 Å². The topological polar surface area (TPSA) is 40.5 Å². The van der Waals surface area contributed by atoms with Crippen LogP contribution in [-0.4, -0.2) is 34.6 Å². The molecule has 1 N–H and O–H groups in total. The van der Waals surface area contributed by atoms with Gasteiger partial charge in [0.1, 0.15) is 0 Å². The van der Waals surface area contributed by atoms with E-state index >= 15 is 0 Å². The van der Waals surface area contributed by atoms with E-state index in [1.54, 1.807) is 4.90 Å². The van der Waals surface area contributed by atoms with Gasteiger partial charge in [-0.25, -0.2) is 0 Å². The Labute approximate surface area is 72.4 Å². The van der Waals surface area contributed by atoms with E-state index in [0.717, 1.165) is 6.42 Å². The lowest BCUT2D eigenvalue weighted by molar-refractivity contribution is -0.144. The highest BCUT2D eigenvalue weighted by atomic mass is 16.3. The van der Waals surface area contributed by atoms with E-state index in [1.807, 2.05) is 6.92 Å². The number of likely N-dealkylation sites (tertiary alicyclic amines) is 1. The Morgan fingerprint density at radius 2 is 2.25 bits per heavy atom. The second kappa shape index (κ2) is 3.16. The summed E-state index contributed by atoms with van der Waals surface area (Å²) in [6.07, 6.45) is 0.738. The first kappa shape index (κ1) is 9.08. The minimum atomic E-state index is -0.929. The summed E-state index contributed by atoms with van der Waals surface area (Å²) in [4.78, 5) is 12.3. The van der Waals surface area contributed by atoms with E-state index in [4.69, 9.17) is 0 Å². The number of rotatable bonds is 0. The van der Waals surface area contributed by atoms with Crippen molar-refractivity contribution < 1.29 is 9.90 Å². The molecule has 0 aliphatic carbocycles. The normalized spacial score (nSPS) is 19.1. The third-order valence-corrected chi connectivity index (χ3v) is 1.85. The zero-order valence-corrected chi connectivity index (χ0v) is 7.42. The van der Waals surface area contributed by atoms with Crippen LogP contribution in [0, 0.1) is 11.8 Å². The minimum Gasteiger partial charge on any atom is -0.374 e. The van der Waals surface area contributed by atoms with Gasteiger partial charge in [0.25, 0.3) is 0 Å². The van der Waals surface area contributed by atoms with Gasteiger partial charge < -0.3 is 10.0 Å².